The van der Waals surface area contributed by atoms with Gasteiger partial charge in [0.05, 0.1) is 6.61 Å². The Bertz CT molecular complexity index is 311. The van der Waals surface area contributed by atoms with Crippen LogP contribution in [0.2, 0.25) is 0 Å². The van der Waals surface area contributed by atoms with Gasteiger partial charge in [-0.3, -0.25) is 0 Å². The van der Waals surface area contributed by atoms with Crippen LogP contribution in [0, 0.1) is 0 Å². The zero-order valence-corrected chi connectivity index (χ0v) is 10.6. The first-order valence-electron chi connectivity index (χ1n) is 5.86. The van der Waals surface area contributed by atoms with E-state index in [-0.39, 0.29) is 12.4 Å². The number of ether oxygens (including phenoxy) is 1. The molecule has 0 bridgehead atoms. The van der Waals surface area contributed by atoms with Crippen LogP contribution in [0.3, 0.4) is 0 Å². The van der Waals surface area contributed by atoms with Crippen molar-refractivity contribution in [2.24, 2.45) is 0 Å². The predicted molar refractivity (Wildman–Crippen MR) is 69.5 cm³/mol. The van der Waals surface area contributed by atoms with E-state index in [1.165, 1.54) is 24.8 Å². The summed E-state index contributed by atoms with van der Waals surface area (Å²) >= 11 is 0. The van der Waals surface area contributed by atoms with Crippen molar-refractivity contribution in [3.05, 3.63) is 29.8 Å². The molecular formula is C13H20ClNO. The minimum absolute atomic E-state index is 0. The fourth-order valence-electron chi connectivity index (χ4n) is 2.12. The lowest BCUT2D eigenvalue weighted by Crippen LogP contribution is -2.26. The Balaban J connectivity index is 0.00000128. The SMILES string of the molecule is CCOc1cccc([C@@H]2CCCCN2)c1.Cl. The monoisotopic (exact) mass is 241 g/mol. The molecule has 1 aromatic carbocycles. The van der Waals surface area contributed by atoms with E-state index < -0.39 is 0 Å². The van der Waals surface area contributed by atoms with Gasteiger partial charge in [-0.05, 0) is 44.0 Å². The Morgan fingerprint density at radius 2 is 2.25 bits per heavy atom. The molecule has 1 aliphatic rings. The number of piperidine rings is 1. The lowest BCUT2D eigenvalue weighted by atomic mass is 9.97. The van der Waals surface area contributed by atoms with Gasteiger partial charge in [-0.1, -0.05) is 18.6 Å². The average Bonchev–Trinajstić information content (AvgIpc) is 2.31. The van der Waals surface area contributed by atoms with Crippen LogP contribution in [-0.2, 0) is 0 Å². The van der Waals surface area contributed by atoms with Gasteiger partial charge < -0.3 is 10.1 Å². The highest BCUT2D eigenvalue weighted by atomic mass is 35.5. The first-order chi connectivity index (χ1) is 7.40. The summed E-state index contributed by atoms with van der Waals surface area (Å²) in [6.45, 7) is 3.90. The Morgan fingerprint density at radius 3 is 2.94 bits per heavy atom. The fourth-order valence-corrected chi connectivity index (χ4v) is 2.12. The number of benzene rings is 1. The normalized spacial score (nSPS) is 19.9. The lowest BCUT2D eigenvalue weighted by Gasteiger charge is -2.24. The molecule has 0 aliphatic carbocycles. The van der Waals surface area contributed by atoms with Gasteiger partial charge in [0.15, 0.2) is 0 Å². The van der Waals surface area contributed by atoms with Crippen molar-refractivity contribution in [1.82, 2.24) is 5.32 Å². The van der Waals surface area contributed by atoms with E-state index in [0.717, 1.165) is 18.9 Å². The van der Waals surface area contributed by atoms with E-state index in [4.69, 9.17) is 4.74 Å². The maximum absolute atomic E-state index is 5.51. The smallest absolute Gasteiger partial charge is 0.119 e. The van der Waals surface area contributed by atoms with Crippen molar-refractivity contribution in [3.8, 4) is 5.75 Å². The third-order valence-electron chi connectivity index (χ3n) is 2.88. The van der Waals surface area contributed by atoms with Crippen molar-refractivity contribution in [1.29, 1.82) is 0 Å². The molecule has 1 atom stereocenters. The minimum atomic E-state index is 0. The summed E-state index contributed by atoms with van der Waals surface area (Å²) < 4.78 is 5.51. The van der Waals surface area contributed by atoms with Gasteiger partial charge in [-0.25, -0.2) is 0 Å². The summed E-state index contributed by atoms with van der Waals surface area (Å²) in [4.78, 5) is 0. The topological polar surface area (TPSA) is 21.3 Å². The largest absolute Gasteiger partial charge is 0.494 e. The molecule has 0 radical (unpaired) electrons. The fraction of sp³-hybridized carbons (Fsp3) is 0.538. The average molecular weight is 242 g/mol. The maximum Gasteiger partial charge on any atom is 0.119 e. The van der Waals surface area contributed by atoms with Gasteiger partial charge in [-0.15, -0.1) is 12.4 Å². The molecule has 1 N–H and O–H groups in total. The van der Waals surface area contributed by atoms with Crippen molar-refractivity contribution in [2.45, 2.75) is 32.2 Å². The zero-order valence-electron chi connectivity index (χ0n) is 9.74. The maximum atomic E-state index is 5.51. The summed E-state index contributed by atoms with van der Waals surface area (Å²) in [5, 5.41) is 3.55. The molecule has 0 unspecified atom stereocenters. The van der Waals surface area contributed by atoms with E-state index in [0.29, 0.717) is 6.04 Å². The lowest BCUT2D eigenvalue weighted by molar-refractivity contribution is 0.338. The molecule has 2 nitrogen and oxygen atoms in total. The third kappa shape index (κ3) is 3.39. The highest BCUT2D eigenvalue weighted by Crippen LogP contribution is 2.25. The van der Waals surface area contributed by atoms with Crippen LogP contribution in [0.4, 0.5) is 0 Å². The van der Waals surface area contributed by atoms with E-state index in [2.05, 4.69) is 23.5 Å². The van der Waals surface area contributed by atoms with Crippen LogP contribution < -0.4 is 10.1 Å². The van der Waals surface area contributed by atoms with Crippen LogP contribution in [0.1, 0.15) is 37.8 Å². The van der Waals surface area contributed by atoms with Crippen molar-refractivity contribution < 1.29 is 4.74 Å². The molecule has 1 saturated heterocycles. The Kier molecular flexibility index (Phi) is 5.64. The molecule has 0 spiro atoms. The summed E-state index contributed by atoms with van der Waals surface area (Å²) in [5.74, 6) is 0.988. The van der Waals surface area contributed by atoms with E-state index in [1.54, 1.807) is 0 Å². The number of nitrogens with one attached hydrogen (secondary N) is 1. The van der Waals surface area contributed by atoms with Gasteiger partial charge in [0.2, 0.25) is 0 Å². The Labute approximate surface area is 104 Å². The van der Waals surface area contributed by atoms with Crippen LogP contribution in [0.5, 0.6) is 5.75 Å². The Hall–Kier alpha value is -0.730. The molecule has 16 heavy (non-hydrogen) atoms. The first kappa shape index (κ1) is 13.3. The number of rotatable bonds is 3. The van der Waals surface area contributed by atoms with E-state index in [1.807, 2.05) is 13.0 Å². The molecule has 0 amide bonds. The predicted octanol–water partition coefficient (Wildman–Crippen LogP) is 3.32. The van der Waals surface area contributed by atoms with Gasteiger partial charge in [0.1, 0.15) is 5.75 Å². The molecule has 3 heteroatoms. The molecular weight excluding hydrogens is 222 g/mol. The molecule has 1 heterocycles. The second-order valence-corrected chi connectivity index (χ2v) is 4.01. The van der Waals surface area contributed by atoms with Crippen LogP contribution in [0.15, 0.2) is 24.3 Å². The molecule has 0 saturated carbocycles. The standard InChI is InChI=1S/C13H19NO.ClH/c1-2-15-12-7-5-6-11(10-12)13-8-3-4-9-14-13;/h5-7,10,13-14H,2-4,8-9H2,1H3;1H/t13-;/m0./s1. The highest BCUT2D eigenvalue weighted by molar-refractivity contribution is 5.85. The van der Waals surface area contributed by atoms with Gasteiger partial charge in [0.25, 0.3) is 0 Å². The molecule has 1 fully saturated rings. The van der Waals surface area contributed by atoms with Crippen LogP contribution in [0.25, 0.3) is 0 Å². The van der Waals surface area contributed by atoms with Gasteiger partial charge in [-0.2, -0.15) is 0 Å². The number of halogens is 1. The summed E-state index contributed by atoms with van der Waals surface area (Å²) in [7, 11) is 0. The van der Waals surface area contributed by atoms with Crippen molar-refractivity contribution in [2.75, 3.05) is 13.2 Å². The van der Waals surface area contributed by atoms with E-state index >= 15 is 0 Å². The van der Waals surface area contributed by atoms with Crippen LogP contribution in [-0.4, -0.2) is 13.2 Å². The quantitative estimate of drug-likeness (QED) is 0.877. The third-order valence-corrected chi connectivity index (χ3v) is 2.88. The molecule has 1 aromatic rings. The Morgan fingerprint density at radius 1 is 1.38 bits per heavy atom. The summed E-state index contributed by atoms with van der Waals surface area (Å²) in [5.41, 5.74) is 1.36. The summed E-state index contributed by atoms with van der Waals surface area (Å²) in [6.07, 6.45) is 3.88. The zero-order chi connectivity index (χ0) is 10.5. The second kappa shape index (κ2) is 6.77. The first-order valence-corrected chi connectivity index (χ1v) is 5.86. The molecule has 2 rings (SSSR count). The molecule has 90 valence electrons. The van der Waals surface area contributed by atoms with Gasteiger partial charge in [0, 0.05) is 6.04 Å². The summed E-state index contributed by atoms with van der Waals surface area (Å²) in [6, 6.07) is 8.98. The molecule has 1 aliphatic heterocycles. The van der Waals surface area contributed by atoms with Gasteiger partial charge >= 0.3 is 0 Å². The van der Waals surface area contributed by atoms with Crippen molar-refractivity contribution in [3.63, 3.8) is 0 Å². The minimum Gasteiger partial charge on any atom is -0.494 e. The second-order valence-electron chi connectivity index (χ2n) is 4.01. The van der Waals surface area contributed by atoms with Crippen molar-refractivity contribution >= 4 is 12.4 Å². The van der Waals surface area contributed by atoms with E-state index in [9.17, 15) is 0 Å². The van der Waals surface area contributed by atoms with Crippen LogP contribution >= 0.6 is 12.4 Å². The molecule has 0 aromatic heterocycles. The number of hydrogen-bond donors (Lipinski definition) is 1. The number of hydrogen-bond acceptors (Lipinski definition) is 2. The highest BCUT2D eigenvalue weighted by Gasteiger charge is 2.14.